The van der Waals surface area contributed by atoms with Crippen molar-refractivity contribution in [2.24, 2.45) is 0 Å². The van der Waals surface area contributed by atoms with Gasteiger partial charge in [0, 0.05) is 11.3 Å². The SMILES string of the molecule is C#CCOC(C)c1c(Oc2cc(C)c(C)nc2C)ccc(F)c1Cl. The minimum atomic E-state index is -0.537. The Kier molecular flexibility index (Phi) is 5.82. The van der Waals surface area contributed by atoms with Crippen molar-refractivity contribution in [3.63, 3.8) is 0 Å². The Balaban J connectivity index is 2.46. The molecule has 1 atom stereocenters. The van der Waals surface area contributed by atoms with Gasteiger partial charge in [-0.15, -0.1) is 6.42 Å². The summed E-state index contributed by atoms with van der Waals surface area (Å²) in [4.78, 5) is 4.44. The van der Waals surface area contributed by atoms with Crippen molar-refractivity contribution < 1.29 is 13.9 Å². The van der Waals surface area contributed by atoms with E-state index >= 15 is 0 Å². The molecule has 0 radical (unpaired) electrons. The van der Waals surface area contributed by atoms with Crippen LogP contribution in [0.1, 0.15) is 35.5 Å². The average molecular weight is 348 g/mol. The van der Waals surface area contributed by atoms with Crippen molar-refractivity contribution in [1.82, 2.24) is 4.98 Å². The van der Waals surface area contributed by atoms with E-state index < -0.39 is 11.9 Å². The molecule has 0 spiro atoms. The Morgan fingerprint density at radius 1 is 1.25 bits per heavy atom. The fourth-order valence-corrected chi connectivity index (χ4v) is 2.60. The third-order valence-corrected chi connectivity index (χ3v) is 4.13. The van der Waals surface area contributed by atoms with Crippen molar-refractivity contribution in [1.29, 1.82) is 0 Å². The van der Waals surface area contributed by atoms with Gasteiger partial charge in [0.2, 0.25) is 0 Å². The largest absolute Gasteiger partial charge is 0.455 e. The van der Waals surface area contributed by atoms with Gasteiger partial charge in [-0.3, -0.25) is 4.98 Å². The van der Waals surface area contributed by atoms with Crippen molar-refractivity contribution in [3.8, 4) is 23.8 Å². The van der Waals surface area contributed by atoms with Gasteiger partial charge in [0.25, 0.3) is 0 Å². The normalized spacial score (nSPS) is 11.9. The first kappa shape index (κ1) is 18.3. The molecule has 2 aromatic rings. The maximum absolute atomic E-state index is 13.9. The lowest BCUT2D eigenvalue weighted by Gasteiger charge is -2.19. The van der Waals surface area contributed by atoms with Gasteiger partial charge in [-0.25, -0.2) is 4.39 Å². The second-order valence-electron chi connectivity index (χ2n) is 5.51. The fourth-order valence-electron chi connectivity index (χ4n) is 2.29. The van der Waals surface area contributed by atoms with Gasteiger partial charge in [0.1, 0.15) is 23.9 Å². The molecule has 3 nitrogen and oxygen atoms in total. The van der Waals surface area contributed by atoms with Crippen LogP contribution in [0, 0.1) is 38.9 Å². The molecule has 0 aliphatic rings. The van der Waals surface area contributed by atoms with Crippen LogP contribution in [0.25, 0.3) is 0 Å². The number of rotatable bonds is 5. The summed E-state index contributed by atoms with van der Waals surface area (Å²) in [6.45, 7) is 7.58. The molecule has 0 saturated carbocycles. The summed E-state index contributed by atoms with van der Waals surface area (Å²) in [5.74, 6) is 2.85. The molecule has 0 amide bonds. The number of halogens is 2. The molecular weight excluding hydrogens is 329 g/mol. The topological polar surface area (TPSA) is 31.4 Å². The Morgan fingerprint density at radius 2 is 1.96 bits per heavy atom. The maximum Gasteiger partial charge on any atom is 0.148 e. The van der Waals surface area contributed by atoms with Crippen LogP contribution >= 0.6 is 11.6 Å². The predicted octanol–water partition coefficient (Wildman–Crippen LogP) is 5.30. The van der Waals surface area contributed by atoms with E-state index in [1.165, 1.54) is 12.1 Å². The number of hydrogen-bond acceptors (Lipinski definition) is 3. The molecule has 0 bridgehead atoms. The number of terminal acetylenes is 1. The summed E-state index contributed by atoms with van der Waals surface area (Å²) in [6, 6.07) is 4.69. The highest BCUT2D eigenvalue weighted by molar-refractivity contribution is 6.31. The zero-order chi connectivity index (χ0) is 17.9. The monoisotopic (exact) mass is 347 g/mol. The lowest BCUT2D eigenvalue weighted by Crippen LogP contribution is -2.05. The lowest BCUT2D eigenvalue weighted by molar-refractivity contribution is 0.0907. The summed E-state index contributed by atoms with van der Waals surface area (Å²) in [7, 11) is 0. The molecule has 1 aromatic carbocycles. The van der Waals surface area contributed by atoms with Crippen molar-refractivity contribution >= 4 is 11.6 Å². The molecule has 0 aliphatic carbocycles. The van der Waals surface area contributed by atoms with Gasteiger partial charge in [0.15, 0.2) is 0 Å². The first-order valence-corrected chi connectivity index (χ1v) is 7.88. The van der Waals surface area contributed by atoms with Crippen LogP contribution in [-0.4, -0.2) is 11.6 Å². The molecular formula is C19H19ClFNO2. The van der Waals surface area contributed by atoms with E-state index in [-0.39, 0.29) is 11.6 Å². The van der Waals surface area contributed by atoms with Crippen molar-refractivity contribution in [2.75, 3.05) is 6.61 Å². The summed E-state index contributed by atoms with van der Waals surface area (Å²) in [6.07, 6.45) is 4.70. The standard InChI is InChI=1S/C19H19ClFNO2/c1-6-9-23-14(5)18-16(8-7-15(21)19(18)20)24-17-10-11(2)12(3)22-13(17)4/h1,7-8,10,14H,9H2,2-5H3. The smallest absolute Gasteiger partial charge is 0.148 e. The van der Waals surface area contributed by atoms with Crippen LogP contribution in [0.3, 0.4) is 0 Å². The Morgan fingerprint density at radius 3 is 2.62 bits per heavy atom. The van der Waals surface area contributed by atoms with Crippen molar-refractivity contribution in [3.05, 3.63) is 51.6 Å². The maximum atomic E-state index is 13.9. The minimum Gasteiger partial charge on any atom is -0.455 e. The summed E-state index contributed by atoms with van der Waals surface area (Å²) >= 11 is 6.13. The highest BCUT2D eigenvalue weighted by atomic mass is 35.5. The van der Waals surface area contributed by atoms with E-state index in [4.69, 9.17) is 27.5 Å². The summed E-state index contributed by atoms with van der Waals surface area (Å²) in [5.41, 5.74) is 3.09. The van der Waals surface area contributed by atoms with E-state index in [1.54, 1.807) is 6.92 Å². The predicted molar refractivity (Wildman–Crippen MR) is 93.1 cm³/mol. The Hall–Kier alpha value is -2.09. The quantitative estimate of drug-likeness (QED) is 0.687. The second-order valence-corrected chi connectivity index (χ2v) is 5.88. The number of nitrogens with zero attached hydrogens (tertiary/aromatic N) is 1. The molecule has 0 saturated heterocycles. The zero-order valence-corrected chi connectivity index (χ0v) is 14.9. The van der Waals surface area contributed by atoms with Gasteiger partial charge in [0.05, 0.1) is 16.8 Å². The molecule has 126 valence electrons. The van der Waals surface area contributed by atoms with E-state index in [0.717, 1.165) is 17.0 Å². The number of aromatic nitrogens is 1. The van der Waals surface area contributed by atoms with Gasteiger partial charge < -0.3 is 9.47 Å². The van der Waals surface area contributed by atoms with Gasteiger partial charge >= 0.3 is 0 Å². The van der Waals surface area contributed by atoms with Crippen LogP contribution in [0.15, 0.2) is 18.2 Å². The Labute approximate surface area is 146 Å². The van der Waals surface area contributed by atoms with Crippen LogP contribution < -0.4 is 4.74 Å². The fraction of sp³-hybridized carbons (Fsp3) is 0.316. The molecule has 24 heavy (non-hydrogen) atoms. The van der Waals surface area contributed by atoms with E-state index in [2.05, 4.69) is 10.9 Å². The molecule has 2 rings (SSSR count). The molecule has 1 unspecified atom stereocenters. The first-order valence-electron chi connectivity index (χ1n) is 7.50. The molecule has 1 heterocycles. The lowest BCUT2D eigenvalue weighted by atomic mass is 10.1. The number of ether oxygens (including phenoxy) is 2. The van der Waals surface area contributed by atoms with Gasteiger partial charge in [-0.05, 0) is 51.5 Å². The number of benzene rings is 1. The number of aryl methyl sites for hydroxylation is 3. The number of hydrogen-bond donors (Lipinski definition) is 0. The summed E-state index contributed by atoms with van der Waals surface area (Å²) in [5, 5.41) is -0.0357. The molecule has 5 heteroatoms. The van der Waals surface area contributed by atoms with Gasteiger partial charge in [-0.1, -0.05) is 17.5 Å². The van der Waals surface area contributed by atoms with E-state index in [0.29, 0.717) is 17.1 Å². The minimum absolute atomic E-state index is 0.0357. The molecule has 1 aromatic heterocycles. The highest BCUT2D eigenvalue weighted by Gasteiger charge is 2.21. The number of pyridine rings is 1. The molecule has 0 N–H and O–H groups in total. The van der Waals surface area contributed by atoms with Crippen LogP contribution in [0.2, 0.25) is 5.02 Å². The summed E-state index contributed by atoms with van der Waals surface area (Å²) < 4.78 is 25.3. The molecule has 0 fully saturated rings. The van der Waals surface area contributed by atoms with Gasteiger partial charge in [-0.2, -0.15) is 0 Å². The Bertz CT molecular complexity index is 799. The second kappa shape index (κ2) is 7.65. The third kappa shape index (κ3) is 3.87. The highest BCUT2D eigenvalue weighted by Crippen LogP contribution is 2.38. The zero-order valence-electron chi connectivity index (χ0n) is 14.1. The van der Waals surface area contributed by atoms with E-state index in [1.807, 2.05) is 26.8 Å². The van der Waals surface area contributed by atoms with E-state index in [9.17, 15) is 4.39 Å². The first-order chi connectivity index (χ1) is 11.3. The average Bonchev–Trinajstić information content (AvgIpc) is 2.54. The van der Waals surface area contributed by atoms with Crippen LogP contribution in [0.4, 0.5) is 4.39 Å². The van der Waals surface area contributed by atoms with Crippen molar-refractivity contribution in [2.45, 2.75) is 33.8 Å². The molecule has 0 aliphatic heterocycles. The third-order valence-electron chi connectivity index (χ3n) is 3.75. The van der Waals surface area contributed by atoms with Crippen LogP contribution in [-0.2, 0) is 4.74 Å². The van der Waals surface area contributed by atoms with Crippen LogP contribution in [0.5, 0.6) is 11.5 Å².